The Morgan fingerprint density at radius 2 is 1.65 bits per heavy atom. The molecule has 3 aromatic rings. The Bertz CT molecular complexity index is 975. The molecule has 3 heterocycles. The summed E-state index contributed by atoms with van der Waals surface area (Å²) in [6, 6.07) is 6.02. The molecule has 4 rings (SSSR count). The minimum absolute atomic E-state index is 0.00767. The van der Waals surface area contributed by atoms with Gasteiger partial charge in [-0.2, -0.15) is 0 Å². The number of nitrogens with zero attached hydrogens (tertiary/aromatic N) is 6. The van der Waals surface area contributed by atoms with Crippen molar-refractivity contribution in [2.75, 3.05) is 31.1 Å². The van der Waals surface area contributed by atoms with Gasteiger partial charge in [0, 0.05) is 38.7 Å². The largest absolute Gasteiger partial charge is 0.408 e. The molecule has 2 aromatic heterocycles. The first-order valence-electron chi connectivity index (χ1n) is 8.60. The van der Waals surface area contributed by atoms with Crippen LogP contribution in [0.2, 0.25) is 0 Å². The summed E-state index contributed by atoms with van der Waals surface area (Å²) in [6.07, 6.45) is 0. The molecule has 0 unspecified atom stereocenters. The standard InChI is InChI=1S/C18H20N6O2/c1-11-12(2)20-16-10-14(4-5-15(16)19-11)17(25)23-6-8-24(9-7-23)18-22-21-13(3)26-18/h4-5,10H,6-9H2,1-3H3. The van der Waals surface area contributed by atoms with Crippen molar-refractivity contribution in [1.29, 1.82) is 0 Å². The van der Waals surface area contributed by atoms with Crippen LogP contribution in [-0.2, 0) is 0 Å². The lowest BCUT2D eigenvalue weighted by Gasteiger charge is -2.33. The first-order valence-corrected chi connectivity index (χ1v) is 8.60. The van der Waals surface area contributed by atoms with Crippen molar-refractivity contribution < 1.29 is 9.21 Å². The summed E-state index contributed by atoms with van der Waals surface area (Å²) in [4.78, 5) is 25.8. The summed E-state index contributed by atoms with van der Waals surface area (Å²) in [5, 5.41) is 7.89. The van der Waals surface area contributed by atoms with Crippen molar-refractivity contribution >= 4 is 23.0 Å². The van der Waals surface area contributed by atoms with Gasteiger partial charge in [-0.1, -0.05) is 5.10 Å². The second-order valence-electron chi connectivity index (χ2n) is 6.48. The number of hydrogen-bond donors (Lipinski definition) is 0. The van der Waals surface area contributed by atoms with Gasteiger partial charge < -0.3 is 14.2 Å². The van der Waals surface area contributed by atoms with Crippen molar-refractivity contribution in [3.05, 3.63) is 41.0 Å². The van der Waals surface area contributed by atoms with Gasteiger partial charge in [0.2, 0.25) is 5.89 Å². The molecule has 134 valence electrons. The van der Waals surface area contributed by atoms with E-state index in [1.54, 1.807) is 6.92 Å². The second kappa shape index (κ2) is 6.36. The monoisotopic (exact) mass is 352 g/mol. The van der Waals surface area contributed by atoms with Crippen LogP contribution in [0.5, 0.6) is 0 Å². The van der Waals surface area contributed by atoms with Crippen molar-refractivity contribution in [3.8, 4) is 0 Å². The number of aryl methyl sites for hydroxylation is 3. The number of benzene rings is 1. The lowest BCUT2D eigenvalue weighted by atomic mass is 10.1. The summed E-state index contributed by atoms with van der Waals surface area (Å²) < 4.78 is 5.46. The molecule has 1 aliphatic heterocycles. The van der Waals surface area contributed by atoms with E-state index in [0.29, 0.717) is 43.6 Å². The second-order valence-corrected chi connectivity index (χ2v) is 6.48. The van der Waals surface area contributed by atoms with Crippen LogP contribution in [0.1, 0.15) is 27.6 Å². The van der Waals surface area contributed by atoms with E-state index in [4.69, 9.17) is 4.42 Å². The Balaban J connectivity index is 1.49. The van der Waals surface area contributed by atoms with Crippen molar-refractivity contribution in [2.45, 2.75) is 20.8 Å². The van der Waals surface area contributed by atoms with Crippen molar-refractivity contribution in [1.82, 2.24) is 25.1 Å². The molecule has 0 bridgehead atoms. The maximum absolute atomic E-state index is 12.9. The first-order chi connectivity index (χ1) is 12.5. The molecular weight excluding hydrogens is 332 g/mol. The van der Waals surface area contributed by atoms with Crippen LogP contribution in [0.3, 0.4) is 0 Å². The third-order valence-electron chi connectivity index (χ3n) is 4.68. The molecule has 1 fully saturated rings. The molecule has 0 atom stereocenters. The van der Waals surface area contributed by atoms with Gasteiger partial charge in [0.25, 0.3) is 5.91 Å². The number of carbonyl (C=O) groups is 1. The van der Waals surface area contributed by atoms with E-state index in [0.717, 1.165) is 22.4 Å². The van der Waals surface area contributed by atoms with E-state index < -0.39 is 0 Å². The number of carbonyl (C=O) groups excluding carboxylic acids is 1. The van der Waals surface area contributed by atoms with Gasteiger partial charge in [0.15, 0.2) is 0 Å². The first kappa shape index (κ1) is 16.4. The summed E-state index contributed by atoms with van der Waals surface area (Å²) >= 11 is 0. The van der Waals surface area contributed by atoms with Gasteiger partial charge >= 0.3 is 6.01 Å². The molecule has 1 amide bonds. The lowest BCUT2D eigenvalue weighted by molar-refractivity contribution is 0.0745. The molecule has 0 spiro atoms. The van der Waals surface area contributed by atoms with Crippen LogP contribution in [0.25, 0.3) is 11.0 Å². The molecule has 8 heteroatoms. The molecule has 26 heavy (non-hydrogen) atoms. The van der Waals surface area contributed by atoms with E-state index in [2.05, 4.69) is 20.2 Å². The lowest BCUT2D eigenvalue weighted by Crippen LogP contribution is -2.49. The van der Waals surface area contributed by atoms with Gasteiger partial charge in [-0.25, -0.2) is 9.97 Å². The molecule has 0 aliphatic carbocycles. The highest BCUT2D eigenvalue weighted by atomic mass is 16.4. The molecule has 0 saturated carbocycles. The molecule has 1 aromatic carbocycles. The fourth-order valence-corrected chi connectivity index (χ4v) is 3.06. The number of piperazine rings is 1. The highest BCUT2D eigenvalue weighted by Gasteiger charge is 2.25. The van der Waals surface area contributed by atoms with Gasteiger partial charge in [0.05, 0.1) is 22.4 Å². The van der Waals surface area contributed by atoms with E-state index in [1.807, 2.05) is 41.8 Å². The van der Waals surface area contributed by atoms with Gasteiger partial charge in [-0.3, -0.25) is 4.79 Å². The Morgan fingerprint density at radius 3 is 2.31 bits per heavy atom. The quantitative estimate of drug-likeness (QED) is 0.696. The Hall–Kier alpha value is -3.03. The highest BCUT2D eigenvalue weighted by Crippen LogP contribution is 2.18. The average Bonchev–Trinajstić information content (AvgIpc) is 3.08. The van der Waals surface area contributed by atoms with Crippen molar-refractivity contribution in [3.63, 3.8) is 0 Å². The topological polar surface area (TPSA) is 88.3 Å². The van der Waals surface area contributed by atoms with Crippen LogP contribution in [-0.4, -0.2) is 57.2 Å². The van der Waals surface area contributed by atoms with Gasteiger partial charge in [-0.05, 0) is 32.0 Å². The predicted molar refractivity (Wildman–Crippen MR) is 96.2 cm³/mol. The Labute approximate surface area is 150 Å². The average molecular weight is 352 g/mol. The zero-order valence-electron chi connectivity index (χ0n) is 15.1. The number of anilines is 1. The van der Waals surface area contributed by atoms with Gasteiger partial charge in [-0.15, -0.1) is 5.10 Å². The number of rotatable bonds is 2. The van der Waals surface area contributed by atoms with E-state index in [-0.39, 0.29) is 5.91 Å². The molecule has 8 nitrogen and oxygen atoms in total. The number of fused-ring (bicyclic) bond motifs is 1. The number of hydrogen-bond acceptors (Lipinski definition) is 7. The third kappa shape index (κ3) is 2.98. The summed E-state index contributed by atoms with van der Waals surface area (Å²) in [5.74, 6) is 0.551. The smallest absolute Gasteiger partial charge is 0.318 e. The zero-order valence-corrected chi connectivity index (χ0v) is 15.1. The molecule has 1 saturated heterocycles. The number of amides is 1. The fourth-order valence-electron chi connectivity index (χ4n) is 3.06. The van der Waals surface area contributed by atoms with E-state index >= 15 is 0 Å². The maximum Gasteiger partial charge on any atom is 0.318 e. The van der Waals surface area contributed by atoms with E-state index in [9.17, 15) is 4.79 Å². The molecule has 0 radical (unpaired) electrons. The summed E-state index contributed by atoms with van der Waals surface area (Å²) in [7, 11) is 0. The third-order valence-corrected chi connectivity index (χ3v) is 4.68. The Morgan fingerprint density at radius 1 is 0.962 bits per heavy atom. The molecule has 1 aliphatic rings. The maximum atomic E-state index is 12.9. The molecule has 0 N–H and O–H groups in total. The Kier molecular flexibility index (Phi) is 4.02. The zero-order chi connectivity index (χ0) is 18.3. The van der Waals surface area contributed by atoms with Crippen molar-refractivity contribution in [2.24, 2.45) is 0 Å². The van der Waals surface area contributed by atoms with Crippen LogP contribution in [0.4, 0.5) is 6.01 Å². The molecular formula is C18H20N6O2. The normalized spacial score (nSPS) is 14.9. The van der Waals surface area contributed by atoms with Gasteiger partial charge in [0.1, 0.15) is 0 Å². The number of aromatic nitrogens is 4. The minimum atomic E-state index is 0.00767. The fraction of sp³-hybridized carbons (Fsp3) is 0.389. The van der Waals surface area contributed by atoms with E-state index in [1.165, 1.54) is 0 Å². The summed E-state index contributed by atoms with van der Waals surface area (Å²) in [5.41, 5.74) is 3.98. The van der Waals surface area contributed by atoms with Crippen LogP contribution in [0.15, 0.2) is 22.6 Å². The summed E-state index contributed by atoms with van der Waals surface area (Å²) in [6.45, 7) is 8.17. The minimum Gasteiger partial charge on any atom is -0.408 e. The van der Waals surface area contributed by atoms with Crippen LogP contribution >= 0.6 is 0 Å². The van der Waals surface area contributed by atoms with Crippen LogP contribution in [0, 0.1) is 20.8 Å². The highest BCUT2D eigenvalue weighted by molar-refractivity contribution is 5.97. The van der Waals surface area contributed by atoms with Crippen LogP contribution < -0.4 is 4.90 Å². The SMILES string of the molecule is Cc1nnc(N2CCN(C(=O)c3ccc4nc(C)c(C)nc4c3)CC2)o1. The predicted octanol–water partition coefficient (Wildman–Crippen LogP) is 1.90.